The van der Waals surface area contributed by atoms with E-state index in [0.29, 0.717) is 22.9 Å². The number of aromatic hydroxyl groups is 1. The van der Waals surface area contributed by atoms with Crippen molar-refractivity contribution >= 4 is 23.4 Å². The van der Waals surface area contributed by atoms with Gasteiger partial charge in [0, 0.05) is 10.6 Å². The molecule has 7 heteroatoms. The highest BCUT2D eigenvalue weighted by molar-refractivity contribution is 6.31. The molecule has 0 aliphatic heterocycles. The molecule has 2 aromatic rings. The summed E-state index contributed by atoms with van der Waals surface area (Å²) in [6.45, 7) is 2.32. The molecule has 0 spiro atoms. The lowest BCUT2D eigenvalue weighted by atomic mass is 10.2. The van der Waals surface area contributed by atoms with Gasteiger partial charge in [-0.25, -0.2) is 0 Å². The summed E-state index contributed by atoms with van der Waals surface area (Å²) in [5.41, 5.74) is 4.77. The van der Waals surface area contributed by atoms with Crippen molar-refractivity contribution in [3.8, 4) is 11.5 Å². The number of halogens is 1. The first-order chi connectivity index (χ1) is 11.0. The lowest BCUT2D eigenvalue weighted by molar-refractivity contribution is 0.0845. The number of ether oxygens (including phenoxy) is 1. The standard InChI is InChI=1S/C16H15ClN2O4/c1-2-23-12-5-3-4-10(8-12)15(21)18-19-16(22)13-9-11(17)6-7-14(13)20/h3-9,20H,2H2,1H3,(H,18,21)(H,19,22). The summed E-state index contributed by atoms with van der Waals surface area (Å²) in [6, 6.07) is 10.6. The summed E-state index contributed by atoms with van der Waals surface area (Å²) >= 11 is 5.77. The molecule has 0 heterocycles. The van der Waals surface area contributed by atoms with Crippen LogP contribution in [0.1, 0.15) is 27.6 Å². The van der Waals surface area contributed by atoms with Crippen LogP contribution in [0.25, 0.3) is 0 Å². The van der Waals surface area contributed by atoms with Gasteiger partial charge in [-0.05, 0) is 43.3 Å². The maximum Gasteiger partial charge on any atom is 0.273 e. The molecule has 120 valence electrons. The first-order valence-corrected chi connectivity index (χ1v) is 7.21. The van der Waals surface area contributed by atoms with E-state index in [2.05, 4.69) is 10.9 Å². The molecule has 2 rings (SSSR count). The topological polar surface area (TPSA) is 87.7 Å². The molecule has 0 radical (unpaired) electrons. The van der Waals surface area contributed by atoms with Gasteiger partial charge in [-0.3, -0.25) is 20.4 Å². The van der Waals surface area contributed by atoms with Crippen LogP contribution in [0.15, 0.2) is 42.5 Å². The van der Waals surface area contributed by atoms with Crippen LogP contribution in [0, 0.1) is 0 Å². The van der Waals surface area contributed by atoms with Gasteiger partial charge in [-0.15, -0.1) is 0 Å². The lowest BCUT2D eigenvalue weighted by Crippen LogP contribution is -2.41. The number of rotatable bonds is 4. The minimum atomic E-state index is -0.681. The van der Waals surface area contributed by atoms with Gasteiger partial charge in [-0.2, -0.15) is 0 Å². The Labute approximate surface area is 138 Å². The van der Waals surface area contributed by atoms with E-state index in [0.717, 1.165) is 0 Å². The maximum atomic E-state index is 12.0. The Morgan fingerprint density at radius 3 is 2.61 bits per heavy atom. The van der Waals surface area contributed by atoms with E-state index in [1.165, 1.54) is 18.2 Å². The highest BCUT2D eigenvalue weighted by Crippen LogP contribution is 2.21. The number of carbonyl (C=O) groups is 2. The second kappa shape index (κ2) is 7.51. The zero-order valence-corrected chi connectivity index (χ0v) is 13.1. The van der Waals surface area contributed by atoms with Crippen molar-refractivity contribution in [2.75, 3.05) is 6.61 Å². The average molecular weight is 335 g/mol. The van der Waals surface area contributed by atoms with Gasteiger partial charge < -0.3 is 9.84 Å². The van der Waals surface area contributed by atoms with Crippen molar-refractivity contribution in [1.29, 1.82) is 0 Å². The largest absolute Gasteiger partial charge is 0.507 e. The number of phenolic OH excluding ortho intramolecular Hbond substituents is 1. The third-order valence-corrected chi connectivity index (χ3v) is 3.14. The molecular weight excluding hydrogens is 320 g/mol. The Hall–Kier alpha value is -2.73. The molecule has 23 heavy (non-hydrogen) atoms. The number of hydrogen-bond acceptors (Lipinski definition) is 4. The Balaban J connectivity index is 2.02. The van der Waals surface area contributed by atoms with E-state index in [-0.39, 0.29) is 11.3 Å². The number of amides is 2. The molecule has 0 aliphatic rings. The molecular formula is C16H15ClN2O4. The molecule has 0 unspecified atom stereocenters. The van der Waals surface area contributed by atoms with Crippen LogP contribution < -0.4 is 15.6 Å². The summed E-state index contributed by atoms with van der Waals surface area (Å²) in [7, 11) is 0. The van der Waals surface area contributed by atoms with Gasteiger partial charge in [0.25, 0.3) is 11.8 Å². The van der Waals surface area contributed by atoms with E-state index in [4.69, 9.17) is 16.3 Å². The minimum absolute atomic E-state index is 0.0409. The van der Waals surface area contributed by atoms with Gasteiger partial charge in [0.1, 0.15) is 11.5 Å². The molecule has 2 amide bonds. The smallest absolute Gasteiger partial charge is 0.273 e. The minimum Gasteiger partial charge on any atom is -0.507 e. The van der Waals surface area contributed by atoms with Crippen LogP contribution in [0.2, 0.25) is 5.02 Å². The second-order valence-corrected chi connectivity index (χ2v) is 4.97. The molecule has 0 saturated carbocycles. The molecule has 0 aromatic heterocycles. The van der Waals surface area contributed by atoms with E-state index in [1.54, 1.807) is 24.3 Å². The number of hydrazine groups is 1. The fourth-order valence-corrected chi connectivity index (χ4v) is 2.01. The molecule has 0 fully saturated rings. The summed E-state index contributed by atoms with van der Waals surface area (Å²) in [6.07, 6.45) is 0. The summed E-state index contributed by atoms with van der Waals surface area (Å²) in [4.78, 5) is 24.0. The number of hydrogen-bond donors (Lipinski definition) is 3. The molecule has 2 aromatic carbocycles. The van der Waals surface area contributed by atoms with Gasteiger partial charge in [-0.1, -0.05) is 17.7 Å². The van der Waals surface area contributed by atoms with E-state index >= 15 is 0 Å². The Morgan fingerprint density at radius 1 is 1.13 bits per heavy atom. The van der Waals surface area contributed by atoms with Crippen LogP contribution in [-0.2, 0) is 0 Å². The predicted molar refractivity (Wildman–Crippen MR) is 85.7 cm³/mol. The third-order valence-electron chi connectivity index (χ3n) is 2.90. The highest BCUT2D eigenvalue weighted by atomic mass is 35.5. The molecule has 6 nitrogen and oxygen atoms in total. The Kier molecular flexibility index (Phi) is 5.43. The zero-order chi connectivity index (χ0) is 16.8. The first-order valence-electron chi connectivity index (χ1n) is 6.83. The van der Waals surface area contributed by atoms with Crippen LogP contribution in [0.4, 0.5) is 0 Å². The van der Waals surface area contributed by atoms with E-state index in [9.17, 15) is 14.7 Å². The first kappa shape index (κ1) is 16.6. The molecule has 0 aliphatic carbocycles. The van der Waals surface area contributed by atoms with Crippen molar-refractivity contribution in [2.24, 2.45) is 0 Å². The highest BCUT2D eigenvalue weighted by Gasteiger charge is 2.13. The quantitative estimate of drug-likeness (QED) is 0.750. The van der Waals surface area contributed by atoms with E-state index in [1.807, 2.05) is 6.92 Å². The SMILES string of the molecule is CCOc1cccc(C(=O)NNC(=O)c2cc(Cl)ccc2O)c1. The molecule has 0 saturated heterocycles. The summed E-state index contributed by atoms with van der Waals surface area (Å²) in [5.74, 6) is -0.876. The normalized spacial score (nSPS) is 10.0. The van der Waals surface area contributed by atoms with Crippen LogP contribution in [-0.4, -0.2) is 23.5 Å². The number of phenols is 1. The number of benzene rings is 2. The number of carbonyl (C=O) groups excluding carboxylic acids is 2. The van der Waals surface area contributed by atoms with Crippen LogP contribution in [0.5, 0.6) is 11.5 Å². The fraction of sp³-hybridized carbons (Fsp3) is 0.125. The number of nitrogens with one attached hydrogen (secondary N) is 2. The average Bonchev–Trinajstić information content (AvgIpc) is 2.55. The summed E-state index contributed by atoms with van der Waals surface area (Å²) in [5, 5.41) is 9.93. The fourth-order valence-electron chi connectivity index (χ4n) is 1.84. The Morgan fingerprint density at radius 2 is 1.87 bits per heavy atom. The van der Waals surface area contributed by atoms with Crippen LogP contribution in [0.3, 0.4) is 0 Å². The van der Waals surface area contributed by atoms with Gasteiger partial charge in [0.05, 0.1) is 12.2 Å². The Bertz CT molecular complexity index is 734. The molecule has 0 bridgehead atoms. The van der Waals surface area contributed by atoms with Crippen molar-refractivity contribution in [3.63, 3.8) is 0 Å². The third kappa shape index (κ3) is 4.37. The van der Waals surface area contributed by atoms with Crippen molar-refractivity contribution in [3.05, 3.63) is 58.6 Å². The van der Waals surface area contributed by atoms with Gasteiger partial charge in [0.15, 0.2) is 0 Å². The van der Waals surface area contributed by atoms with Gasteiger partial charge >= 0.3 is 0 Å². The molecule has 3 N–H and O–H groups in total. The van der Waals surface area contributed by atoms with Crippen molar-refractivity contribution < 1.29 is 19.4 Å². The van der Waals surface area contributed by atoms with Crippen molar-refractivity contribution in [1.82, 2.24) is 10.9 Å². The monoisotopic (exact) mass is 334 g/mol. The lowest BCUT2D eigenvalue weighted by Gasteiger charge is -2.10. The van der Waals surface area contributed by atoms with Crippen molar-refractivity contribution in [2.45, 2.75) is 6.92 Å². The molecule has 0 atom stereocenters. The predicted octanol–water partition coefficient (Wildman–Crippen LogP) is 2.52. The van der Waals surface area contributed by atoms with Crippen LogP contribution >= 0.6 is 11.6 Å². The van der Waals surface area contributed by atoms with Gasteiger partial charge in [0.2, 0.25) is 0 Å². The maximum absolute atomic E-state index is 12.0. The summed E-state index contributed by atoms with van der Waals surface area (Å²) < 4.78 is 5.31. The second-order valence-electron chi connectivity index (χ2n) is 4.53. The zero-order valence-electron chi connectivity index (χ0n) is 12.3. The van der Waals surface area contributed by atoms with E-state index < -0.39 is 11.8 Å².